The van der Waals surface area contributed by atoms with Gasteiger partial charge in [0, 0.05) is 5.56 Å². The summed E-state index contributed by atoms with van der Waals surface area (Å²) in [6.45, 7) is 6.81. The number of nitrogens with one attached hydrogen (secondary N) is 1. The summed E-state index contributed by atoms with van der Waals surface area (Å²) in [4.78, 5) is 12.4. The van der Waals surface area contributed by atoms with E-state index < -0.39 is 0 Å². The Morgan fingerprint density at radius 1 is 1.25 bits per heavy atom. The van der Waals surface area contributed by atoms with Crippen molar-refractivity contribution in [2.24, 2.45) is 0 Å². The molecule has 1 aromatic carbocycles. The van der Waals surface area contributed by atoms with Crippen LogP contribution in [0.3, 0.4) is 0 Å². The van der Waals surface area contributed by atoms with Gasteiger partial charge in [0.05, 0.1) is 18.2 Å². The number of nitrogens with zero attached hydrogens (tertiary/aromatic N) is 2. The molecule has 0 saturated heterocycles. The Morgan fingerprint density at radius 3 is 2.67 bits per heavy atom. The fourth-order valence-corrected chi connectivity index (χ4v) is 2.86. The van der Waals surface area contributed by atoms with Crippen molar-refractivity contribution in [3.05, 3.63) is 27.7 Å². The lowest BCUT2D eigenvalue weighted by atomic mass is 10.2. The van der Waals surface area contributed by atoms with E-state index in [1.165, 1.54) is 11.3 Å². The van der Waals surface area contributed by atoms with Crippen molar-refractivity contribution >= 4 is 34.0 Å². The molecule has 1 amide bonds. The summed E-state index contributed by atoms with van der Waals surface area (Å²) >= 11 is 7.61. The second-order valence-electron chi connectivity index (χ2n) is 4.88. The Balaban J connectivity index is 2.23. The van der Waals surface area contributed by atoms with E-state index in [4.69, 9.17) is 21.1 Å². The summed E-state index contributed by atoms with van der Waals surface area (Å²) < 4.78 is 11.2. The highest BCUT2D eigenvalue weighted by Crippen LogP contribution is 2.37. The number of carbonyl (C=O) groups excluding carboxylic acids is 1. The number of carbonyl (C=O) groups is 1. The number of hydrogen-bond acceptors (Lipinski definition) is 6. The molecule has 0 aliphatic carbocycles. The zero-order valence-corrected chi connectivity index (χ0v) is 15.5. The predicted molar refractivity (Wildman–Crippen MR) is 95.6 cm³/mol. The second kappa shape index (κ2) is 8.84. The molecule has 6 nitrogen and oxygen atoms in total. The number of anilines is 1. The Morgan fingerprint density at radius 2 is 2.04 bits per heavy atom. The molecule has 0 radical (unpaired) electrons. The van der Waals surface area contributed by atoms with Crippen molar-refractivity contribution in [3.8, 4) is 11.5 Å². The van der Waals surface area contributed by atoms with Gasteiger partial charge in [-0.05, 0) is 31.9 Å². The number of aryl methyl sites for hydroxylation is 1. The maximum atomic E-state index is 12.4. The molecule has 0 spiro atoms. The maximum Gasteiger partial charge on any atom is 0.257 e. The second-order valence-corrected chi connectivity index (χ2v) is 6.34. The highest BCUT2D eigenvalue weighted by atomic mass is 35.5. The quantitative estimate of drug-likeness (QED) is 0.755. The molecule has 24 heavy (non-hydrogen) atoms. The Bertz CT molecular complexity index is 706. The minimum absolute atomic E-state index is 0.321. The average molecular weight is 370 g/mol. The molecule has 130 valence electrons. The number of ether oxygens (including phenoxy) is 2. The van der Waals surface area contributed by atoms with Crippen LogP contribution in [0.5, 0.6) is 11.5 Å². The van der Waals surface area contributed by atoms with Crippen LogP contribution in [0.4, 0.5) is 5.13 Å². The highest BCUT2D eigenvalue weighted by molar-refractivity contribution is 7.15. The van der Waals surface area contributed by atoms with Crippen molar-refractivity contribution in [1.82, 2.24) is 10.2 Å². The van der Waals surface area contributed by atoms with Crippen LogP contribution in [-0.4, -0.2) is 29.3 Å². The Kier molecular flexibility index (Phi) is 6.81. The molecule has 1 N–H and O–H groups in total. The van der Waals surface area contributed by atoms with Crippen LogP contribution in [-0.2, 0) is 6.42 Å². The minimum Gasteiger partial charge on any atom is -0.490 e. The van der Waals surface area contributed by atoms with Crippen LogP contribution in [0.25, 0.3) is 0 Å². The third kappa shape index (κ3) is 4.58. The monoisotopic (exact) mass is 369 g/mol. The Labute approximate surface area is 150 Å². The van der Waals surface area contributed by atoms with Gasteiger partial charge in [0.15, 0.2) is 11.5 Å². The van der Waals surface area contributed by atoms with Crippen LogP contribution in [0.1, 0.15) is 42.6 Å². The van der Waals surface area contributed by atoms with Gasteiger partial charge < -0.3 is 9.47 Å². The van der Waals surface area contributed by atoms with Crippen LogP contribution in [0.2, 0.25) is 5.02 Å². The SMILES string of the molecule is CCCOc1c(Cl)cc(C(=O)Nc2nnc(CC)s2)cc1OCC. The standard InChI is InChI=1S/C16H20ClN3O3S/c1-4-7-23-14-11(17)8-10(9-12(14)22-6-3)15(21)18-16-20-19-13(5-2)24-16/h8-9H,4-7H2,1-3H3,(H,18,20,21). The topological polar surface area (TPSA) is 73.3 Å². The number of halogens is 1. The molecule has 0 unspecified atom stereocenters. The molecule has 1 aromatic heterocycles. The lowest BCUT2D eigenvalue weighted by molar-refractivity contribution is 0.102. The third-order valence-corrected chi connectivity index (χ3v) is 4.28. The third-order valence-electron chi connectivity index (χ3n) is 3.01. The molecule has 0 bridgehead atoms. The molecule has 2 aromatic rings. The van der Waals surface area contributed by atoms with Crippen LogP contribution in [0.15, 0.2) is 12.1 Å². The number of aromatic nitrogens is 2. The van der Waals surface area contributed by atoms with Gasteiger partial charge in [0.1, 0.15) is 5.01 Å². The lowest BCUT2D eigenvalue weighted by Crippen LogP contribution is -2.12. The molecule has 1 heterocycles. The molecule has 0 aliphatic rings. The van der Waals surface area contributed by atoms with Crippen molar-refractivity contribution in [3.63, 3.8) is 0 Å². The largest absolute Gasteiger partial charge is 0.490 e. The zero-order valence-electron chi connectivity index (χ0n) is 13.9. The van der Waals surface area contributed by atoms with Gasteiger partial charge >= 0.3 is 0 Å². The summed E-state index contributed by atoms with van der Waals surface area (Å²) in [6.07, 6.45) is 1.62. The van der Waals surface area contributed by atoms with Crippen molar-refractivity contribution in [2.75, 3.05) is 18.5 Å². The van der Waals surface area contributed by atoms with E-state index in [-0.39, 0.29) is 5.91 Å². The molecule has 0 atom stereocenters. The van der Waals surface area contributed by atoms with Crippen LogP contribution in [0, 0.1) is 0 Å². The van der Waals surface area contributed by atoms with E-state index >= 15 is 0 Å². The van der Waals surface area contributed by atoms with Gasteiger partial charge in [-0.1, -0.05) is 36.8 Å². The molecule has 0 saturated carbocycles. The van der Waals surface area contributed by atoms with E-state index in [1.807, 2.05) is 20.8 Å². The van der Waals surface area contributed by atoms with Gasteiger partial charge in [-0.2, -0.15) is 0 Å². The highest BCUT2D eigenvalue weighted by Gasteiger charge is 2.17. The normalized spacial score (nSPS) is 10.5. The molecule has 0 aliphatic heterocycles. The predicted octanol–water partition coefficient (Wildman–Crippen LogP) is 4.19. The first-order valence-electron chi connectivity index (χ1n) is 7.81. The molecule has 0 fully saturated rings. The van der Waals surface area contributed by atoms with Crippen molar-refractivity contribution in [1.29, 1.82) is 0 Å². The van der Waals surface area contributed by atoms with Crippen LogP contribution < -0.4 is 14.8 Å². The van der Waals surface area contributed by atoms with Gasteiger partial charge in [0.2, 0.25) is 5.13 Å². The number of benzene rings is 1. The first-order chi connectivity index (χ1) is 11.6. The molecule has 2 rings (SSSR count). The summed E-state index contributed by atoms with van der Waals surface area (Å²) in [5.41, 5.74) is 0.376. The van der Waals surface area contributed by atoms with E-state index in [1.54, 1.807) is 12.1 Å². The summed E-state index contributed by atoms with van der Waals surface area (Å²) in [7, 11) is 0. The maximum absolute atomic E-state index is 12.4. The van der Waals surface area contributed by atoms with Gasteiger partial charge in [-0.3, -0.25) is 10.1 Å². The summed E-state index contributed by atoms with van der Waals surface area (Å²) in [6, 6.07) is 3.18. The fraction of sp³-hybridized carbons (Fsp3) is 0.438. The van der Waals surface area contributed by atoms with Gasteiger partial charge in [-0.25, -0.2) is 0 Å². The number of rotatable bonds is 8. The minimum atomic E-state index is -0.321. The van der Waals surface area contributed by atoms with Crippen molar-refractivity contribution < 1.29 is 14.3 Å². The Hall–Kier alpha value is -1.86. The molecular weight excluding hydrogens is 350 g/mol. The molecule has 8 heteroatoms. The van der Waals surface area contributed by atoms with Gasteiger partial charge in [0.25, 0.3) is 5.91 Å². The fourth-order valence-electron chi connectivity index (χ4n) is 1.92. The smallest absolute Gasteiger partial charge is 0.257 e. The van der Waals surface area contributed by atoms with E-state index in [0.717, 1.165) is 17.8 Å². The first kappa shape index (κ1) is 18.5. The van der Waals surface area contributed by atoms with Crippen LogP contribution >= 0.6 is 22.9 Å². The summed E-state index contributed by atoms with van der Waals surface area (Å²) in [5, 5.41) is 12.3. The number of amides is 1. The van der Waals surface area contributed by atoms with Gasteiger partial charge in [-0.15, -0.1) is 10.2 Å². The zero-order chi connectivity index (χ0) is 17.5. The van der Waals surface area contributed by atoms with E-state index in [9.17, 15) is 4.79 Å². The number of hydrogen-bond donors (Lipinski definition) is 1. The summed E-state index contributed by atoms with van der Waals surface area (Å²) in [5.74, 6) is 0.593. The molecular formula is C16H20ClN3O3S. The van der Waals surface area contributed by atoms with E-state index in [2.05, 4.69) is 15.5 Å². The first-order valence-corrected chi connectivity index (χ1v) is 9.01. The van der Waals surface area contributed by atoms with Crippen molar-refractivity contribution in [2.45, 2.75) is 33.6 Å². The lowest BCUT2D eigenvalue weighted by Gasteiger charge is -2.14. The average Bonchev–Trinajstić information content (AvgIpc) is 3.01. The van der Waals surface area contributed by atoms with E-state index in [0.29, 0.717) is 40.4 Å².